The molecule has 2 atom stereocenters. The van der Waals surface area contributed by atoms with E-state index in [0.29, 0.717) is 31.7 Å². The number of ether oxygens (including phenoxy) is 1. The maximum absolute atomic E-state index is 13.4. The summed E-state index contributed by atoms with van der Waals surface area (Å²) in [7, 11) is 0. The second kappa shape index (κ2) is 5.82. The van der Waals surface area contributed by atoms with Gasteiger partial charge < -0.3 is 15.2 Å². The van der Waals surface area contributed by atoms with Crippen molar-refractivity contribution in [3.63, 3.8) is 0 Å². The van der Waals surface area contributed by atoms with Gasteiger partial charge >= 0.3 is 5.69 Å². The van der Waals surface area contributed by atoms with Gasteiger partial charge in [0.15, 0.2) is 0 Å². The van der Waals surface area contributed by atoms with Gasteiger partial charge in [0.05, 0.1) is 11.0 Å². The van der Waals surface area contributed by atoms with Crippen molar-refractivity contribution in [3.8, 4) is 0 Å². The van der Waals surface area contributed by atoms with Crippen LogP contribution >= 0.6 is 0 Å². The Morgan fingerprint density at radius 2 is 2.40 bits per heavy atom. The Bertz CT molecular complexity index is 511. The first-order valence-corrected chi connectivity index (χ1v) is 6.40. The number of nitrogens with one attached hydrogen (secondary N) is 1. The molecule has 110 valence electrons. The van der Waals surface area contributed by atoms with E-state index in [1.165, 1.54) is 6.07 Å². The third-order valence-corrected chi connectivity index (χ3v) is 3.63. The molecule has 1 aromatic rings. The van der Waals surface area contributed by atoms with E-state index in [1.807, 2.05) is 0 Å². The SMILES string of the molecule is CC1OCCC1(O)CNCc1ccc([N+](=O)[O-])c(F)c1. The molecule has 1 saturated heterocycles. The Morgan fingerprint density at radius 3 is 2.95 bits per heavy atom. The zero-order valence-corrected chi connectivity index (χ0v) is 11.1. The Kier molecular flexibility index (Phi) is 4.32. The molecule has 2 unspecified atom stereocenters. The first kappa shape index (κ1) is 14.8. The summed E-state index contributed by atoms with van der Waals surface area (Å²) in [4.78, 5) is 9.75. The molecule has 2 N–H and O–H groups in total. The van der Waals surface area contributed by atoms with Gasteiger partial charge in [0.1, 0.15) is 5.60 Å². The van der Waals surface area contributed by atoms with E-state index >= 15 is 0 Å². The minimum atomic E-state index is -0.917. The lowest BCUT2D eigenvalue weighted by Crippen LogP contribution is -2.45. The highest BCUT2D eigenvalue weighted by Gasteiger charge is 2.38. The topological polar surface area (TPSA) is 84.6 Å². The van der Waals surface area contributed by atoms with Crippen molar-refractivity contribution in [1.29, 1.82) is 0 Å². The van der Waals surface area contributed by atoms with Gasteiger partial charge in [-0.3, -0.25) is 10.1 Å². The van der Waals surface area contributed by atoms with Gasteiger partial charge in [-0.05, 0) is 18.6 Å². The van der Waals surface area contributed by atoms with E-state index in [9.17, 15) is 19.6 Å². The number of aliphatic hydroxyl groups is 1. The fourth-order valence-electron chi connectivity index (χ4n) is 2.23. The van der Waals surface area contributed by atoms with Gasteiger partial charge in [0.2, 0.25) is 5.82 Å². The van der Waals surface area contributed by atoms with E-state index in [-0.39, 0.29) is 6.10 Å². The highest BCUT2D eigenvalue weighted by atomic mass is 19.1. The van der Waals surface area contributed by atoms with Crippen LogP contribution in [0.3, 0.4) is 0 Å². The number of nitro groups is 1. The molecule has 1 fully saturated rings. The smallest absolute Gasteiger partial charge is 0.304 e. The van der Waals surface area contributed by atoms with Crippen LogP contribution in [-0.2, 0) is 11.3 Å². The molecule has 0 amide bonds. The number of hydrogen-bond donors (Lipinski definition) is 2. The van der Waals surface area contributed by atoms with Crippen LogP contribution in [0.1, 0.15) is 18.9 Å². The molecule has 0 spiro atoms. The molecule has 1 aromatic carbocycles. The summed E-state index contributed by atoms with van der Waals surface area (Å²) in [6.07, 6.45) is 0.305. The van der Waals surface area contributed by atoms with Crippen molar-refractivity contribution in [1.82, 2.24) is 5.32 Å². The lowest BCUT2D eigenvalue weighted by atomic mass is 9.96. The van der Waals surface area contributed by atoms with Crippen molar-refractivity contribution >= 4 is 5.69 Å². The molecule has 0 radical (unpaired) electrons. The molecular weight excluding hydrogens is 267 g/mol. The van der Waals surface area contributed by atoms with Crippen molar-refractivity contribution < 1.29 is 19.2 Å². The summed E-state index contributed by atoms with van der Waals surface area (Å²) in [5.41, 5.74) is -0.868. The second-order valence-corrected chi connectivity index (χ2v) is 5.01. The van der Waals surface area contributed by atoms with Crippen LogP contribution < -0.4 is 5.32 Å². The summed E-state index contributed by atoms with van der Waals surface area (Å²) >= 11 is 0. The molecular formula is C13H17FN2O4. The van der Waals surface area contributed by atoms with Gasteiger partial charge in [0, 0.05) is 32.2 Å². The first-order chi connectivity index (χ1) is 9.42. The standard InChI is InChI=1S/C13H17FN2O4/c1-9-13(17,4-5-20-9)8-15-7-10-2-3-12(16(18)19)11(14)6-10/h2-3,6,9,15,17H,4-5,7-8H2,1H3. The van der Waals surface area contributed by atoms with Gasteiger partial charge in [0.25, 0.3) is 0 Å². The Morgan fingerprint density at radius 1 is 1.65 bits per heavy atom. The van der Waals surface area contributed by atoms with E-state index in [2.05, 4.69) is 5.32 Å². The Labute approximate surface area is 115 Å². The molecule has 0 aliphatic carbocycles. The highest BCUT2D eigenvalue weighted by Crippen LogP contribution is 2.25. The summed E-state index contributed by atoms with van der Waals surface area (Å²) < 4.78 is 18.7. The molecule has 0 saturated carbocycles. The van der Waals surface area contributed by atoms with Crippen LogP contribution in [0.15, 0.2) is 18.2 Å². The van der Waals surface area contributed by atoms with Crippen molar-refractivity contribution in [2.75, 3.05) is 13.2 Å². The minimum Gasteiger partial charge on any atom is -0.386 e. The molecule has 2 rings (SSSR count). The third-order valence-electron chi connectivity index (χ3n) is 3.63. The average molecular weight is 284 g/mol. The number of benzene rings is 1. The predicted octanol–water partition coefficient (Wildman–Crippen LogP) is 1.36. The monoisotopic (exact) mass is 284 g/mol. The van der Waals surface area contributed by atoms with Gasteiger partial charge in [-0.25, -0.2) is 0 Å². The summed E-state index contributed by atoms with van der Waals surface area (Å²) in [5.74, 6) is -0.856. The van der Waals surface area contributed by atoms with Crippen LogP contribution in [0, 0.1) is 15.9 Å². The Balaban J connectivity index is 1.91. The van der Waals surface area contributed by atoms with E-state index in [0.717, 1.165) is 12.1 Å². The molecule has 7 heteroatoms. The normalized spacial score (nSPS) is 25.9. The molecule has 1 aliphatic heterocycles. The van der Waals surface area contributed by atoms with Crippen molar-refractivity contribution in [3.05, 3.63) is 39.7 Å². The molecule has 1 heterocycles. The van der Waals surface area contributed by atoms with E-state index in [4.69, 9.17) is 4.74 Å². The second-order valence-electron chi connectivity index (χ2n) is 5.01. The largest absolute Gasteiger partial charge is 0.386 e. The molecule has 0 aromatic heterocycles. The third kappa shape index (κ3) is 3.12. The summed E-state index contributed by atoms with van der Waals surface area (Å²) in [6.45, 7) is 2.97. The average Bonchev–Trinajstić information content (AvgIpc) is 2.69. The molecule has 0 bridgehead atoms. The van der Waals surface area contributed by atoms with E-state index < -0.39 is 22.0 Å². The van der Waals surface area contributed by atoms with Crippen LogP contribution in [0.5, 0.6) is 0 Å². The molecule has 6 nitrogen and oxygen atoms in total. The number of nitro benzene ring substituents is 1. The van der Waals surface area contributed by atoms with Crippen LogP contribution in [0.4, 0.5) is 10.1 Å². The van der Waals surface area contributed by atoms with Crippen molar-refractivity contribution in [2.45, 2.75) is 31.6 Å². The number of hydrogen-bond acceptors (Lipinski definition) is 5. The maximum atomic E-state index is 13.4. The Hall–Kier alpha value is -1.57. The zero-order valence-electron chi connectivity index (χ0n) is 11.1. The quantitative estimate of drug-likeness (QED) is 0.630. The minimum absolute atomic E-state index is 0.247. The summed E-state index contributed by atoms with van der Waals surface area (Å²) in [5, 5.41) is 23.8. The number of nitrogens with zero attached hydrogens (tertiary/aromatic N) is 1. The van der Waals surface area contributed by atoms with Crippen LogP contribution in [-0.4, -0.2) is 34.9 Å². The fraction of sp³-hybridized carbons (Fsp3) is 0.538. The lowest BCUT2D eigenvalue weighted by Gasteiger charge is -2.26. The predicted molar refractivity (Wildman–Crippen MR) is 69.7 cm³/mol. The first-order valence-electron chi connectivity index (χ1n) is 6.40. The van der Waals surface area contributed by atoms with Crippen LogP contribution in [0.25, 0.3) is 0 Å². The highest BCUT2D eigenvalue weighted by molar-refractivity contribution is 5.34. The number of halogens is 1. The van der Waals surface area contributed by atoms with Gasteiger partial charge in [-0.1, -0.05) is 6.07 Å². The summed E-state index contributed by atoms with van der Waals surface area (Å²) in [6, 6.07) is 3.76. The van der Waals surface area contributed by atoms with Crippen LogP contribution in [0.2, 0.25) is 0 Å². The molecule has 20 heavy (non-hydrogen) atoms. The maximum Gasteiger partial charge on any atom is 0.304 e. The van der Waals surface area contributed by atoms with Gasteiger partial charge in [-0.15, -0.1) is 0 Å². The zero-order chi connectivity index (χ0) is 14.8. The molecule has 1 aliphatic rings. The number of rotatable bonds is 5. The fourth-order valence-corrected chi connectivity index (χ4v) is 2.23. The van der Waals surface area contributed by atoms with Crippen molar-refractivity contribution in [2.24, 2.45) is 0 Å². The lowest BCUT2D eigenvalue weighted by molar-refractivity contribution is -0.387. The van der Waals surface area contributed by atoms with Gasteiger partial charge in [-0.2, -0.15) is 4.39 Å². The van der Waals surface area contributed by atoms with E-state index in [1.54, 1.807) is 6.92 Å².